The molecule has 1 atom stereocenters. The minimum absolute atomic E-state index is 0.107. The summed E-state index contributed by atoms with van der Waals surface area (Å²) in [6.07, 6.45) is 3.61. The number of benzene rings is 1. The molecule has 6 nitrogen and oxygen atoms in total. The summed E-state index contributed by atoms with van der Waals surface area (Å²) in [7, 11) is 4.63. The van der Waals surface area contributed by atoms with Crippen LogP contribution in [0.4, 0.5) is 0 Å². The van der Waals surface area contributed by atoms with E-state index in [0.29, 0.717) is 22.8 Å². The number of carbonyl (C=O) groups is 1. The van der Waals surface area contributed by atoms with Crippen molar-refractivity contribution in [2.24, 2.45) is 0 Å². The Balaban J connectivity index is 2.00. The van der Waals surface area contributed by atoms with Crippen LogP contribution in [-0.2, 0) is 0 Å². The Morgan fingerprint density at radius 3 is 2.28 bits per heavy atom. The molecule has 0 aliphatic heterocycles. The van der Waals surface area contributed by atoms with Crippen LogP contribution >= 0.6 is 0 Å². The topological polar surface area (TPSA) is 61.1 Å². The molecule has 1 unspecified atom stereocenters. The van der Waals surface area contributed by atoms with Gasteiger partial charge in [0.15, 0.2) is 11.5 Å². The number of hydrogen-bond donors (Lipinski definition) is 0. The molecule has 1 saturated carbocycles. The smallest absolute Gasteiger partial charge is 0.258 e. The van der Waals surface area contributed by atoms with E-state index >= 15 is 0 Å². The number of ether oxygens (including phenoxy) is 3. The van der Waals surface area contributed by atoms with Gasteiger partial charge in [-0.2, -0.15) is 0 Å². The number of rotatable bonds is 7. The Morgan fingerprint density at radius 2 is 1.76 bits per heavy atom. The largest absolute Gasteiger partial charge is 0.496 e. The van der Waals surface area contributed by atoms with Crippen LogP contribution < -0.4 is 14.2 Å². The van der Waals surface area contributed by atoms with E-state index in [1.54, 1.807) is 32.6 Å². The molecule has 0 bridgehead atoms. The van der Waals surface area contributed by atoms with Gasteiger partial charge < -0.3 is 23.5 Å². The van der Waals surface area contributed by atoms with Crippen molar-refractivity contribution in [3.63, 3.8) is 0 Å². The second kappa shape index (κ2) is 7.09. The minimum atomic E-state index is -0.159. The van der Waals surface area contributed by atoms with Crippen molar-refractivity contribution in [2.45, 2.75) is 31.8 Å². The van der Waals surface area contributed by atoms with Crippen LogP contribution in [0.25, 0.3) is 0 Å². The van der Waals surface area contributed by atoms with Gasteiger partial charge >= 0.3 is 0 Å². The number of hydrogen-bond acceptors (Lipinski definition) is 5. The van der Waals surface area contributed by atoms with E-state index in [9.17, 15) is 4.79 Å². The molecule has 1 amide bonds. The van der Waals surface area contributed by atoms with Crippen LogP contribution in [0.15, 0.2) is 34.9 Å². The molecule has 25 heavy (non-hydrogen) atoms. The first kappa shape index (κ1) is 17.2. The highest BCUT2D eigenvalue weighted by Gasteiger charge is 2.38. The Hall–Kier alpha value is -2.63. The van der Waals surface area contributed by atoms with Crippen LogP contribution in [0.5, 0.6) is 17.2 Å². The number of amides is 1. The monoisotopic (exact) mass is 345 g/mol. The molecule has 3 rings (SSSR count). The molecule has 1 heterocycles. The van der Waals surface area contributed by atoms with Gasteiger partial charge in [0.2, 0.25) is 0 Å². The van der Waals surface area contributed by atoms with Crippen molar-refractivity contribution in [3.8, 4) is 17.2 Å². The van der Waals surface area contributed by atoms with Crippen molar-refractivity contribution in [1.29, 1.82) is 0 Å². The van der Waals surface area contributed by atoms with Gasteiger partial charge in [0.25, 0.3) is 5.91 Å². The van der Waals surface area contributed by atoms with Crippen molar-refractivity contribution in [3.05, 3.63) is 41.9 Å². The Labute approximate surface area is 147 Å². The predicted octanol–water partition coefficient (Wildman–Crippen LogP) is 3.67. The Kier molecular flexibility index (Phi) is 4.88. The molecule has 2 aromatic rings. The fourth-order valence-corrected chi connectivity index (χ4v) is 3.01. The zero-order valence-corrected chi connectivity index (χ0v) is 14.9. The normalized spacial score (nSPS) is 14.7. The average Bonchev–Trinajstić information content (AvgIpc) is 3.31. The summed E-state index contributed by atoms with van der Waals surface area (Å²) in [4.78, 5) is 15.2. The van der Waals surface area contributed by atoms with Gasteiger partial charge in [0.05, 0.1) is 39.2 Å². The molecular formula is C19H23NO5. The van der Waals surface area contributed by atoms with Crippen LogP contribution in [0.3, 0.4) is 0 Å². The lowest BCUT2D eigenvalue weighted by molar-refractivity contribution is 0.0649. The number of carbonyl (C=O) groups excluding carboxylic acids is 1. The lowest BCUT2D eigenvalue weighted by Gasteiger charge is -2.29. The number of furan rings is 1. The molecule has 0 radical (unpaired) electrons. The van der Waals surface area contributed by atoms with Crippen molar-refractivity contribution >= 4 is 5.91 Å². The fraction of sp³-hybridized carbons (Fsp3) is 0.421. The van der Waals surface area contributed by atoms with Crippen molar-refractivity contribution in [2.75, 3.05) is 21.3 Å². The maximum atomic E-state index is 13.3. The van der Waals surface area contributed by atoms with Crippen LogP contribution in [-0.4, -0.2) is 38.2 Å². The van der Waals surface area contributed by atoms with Gasteiger partial charge in [-0.3, -0.25) is 4.79 Å². The molecule has 6 heteroatoms. The molecule has 1 fully saturated rings. The molecule has 1 aliphatic rings. The summed E-state index contributed by atoms with van der Waals surface area (Å²) >= 11 is 0. The predicted molar refractivity (Wildman–Crippen MR) is 92.4 cm³/mol. The summed E-state index contributed by atoms with van der Waals surface area (Å²) in [5.74, 6) is 2.13. The zero-order chi connectivity index (χ0) is 18.0. The van der Waals surface area contributed by atoms with Gasteiger partial charge in [-0.05, 0) is 31.9 Å². The summed E-state index contributed by atoms with van der Waals surface area (Å²) < 4.78 is 21.6. The van der Waals surface area contributed by atoms with E-state index < -0.39 is 0 Å². The lowest BCUT2D eigenvalue weighted by atomic mass is 10.1. The third-order valence-corrected chi connectivity index (χ3v) is 4.48. The zero-order valence-electron chi connectivity index (χ0n) is 14.9. The first-order chi connectivity index (χ1) is 12.1. The highest BCUT2D eigenvalue weighted by atomic mass is 16.5. The summed E-state index contributed by atoms with van der Waals surface area (Å²) in [5, 5.41) is 0. The fourth-order valence-electron chi connectivity index (χ4n) is 3.01. The first-order valence-electron chi connectivity index (χ1n) is 8.26. The van der Waals surface area contributed by atoms with Gasteiger partial charge in [-0.1, -0.05) is 0 Å². The lowest BCUT2D eigenvalue weighted by Crippen LogP contribution is -2.35. The van der Waals surface area contributed by atoms with E-state index in [-0.39, 0.29) is 18.0 Å². The molecular weight excluding hydrogens is 322 g/mol. The Morgan fingerprint density at radius 1 is 1.12 bits per heavy atom. The van der Waals surface area contributed by atoms with Crippen molar-refractivity contribution in [1.82, 2.24) is 4.90 Å². The summed E-state index contributed by atoms with van der Waals surface area (Å²) in [6, 6.07) is 7.12. The van der Waals surface area contributed by atoms with Gasteiger partial charge in [-0.25, -0.2) is 0 Å². The van der Waals surface area contributed by atoms with Crippen LogP contribution in [0, 0.1) is 0 Å². The molecule has 134 valence electrons. The SMILES string of the molecule is COc1cc(OC)c(C(=O)N(C2CC2)C(C)c2ccco2)cc1OC. The minimum Gasteiger partial charge on any atom is -0.496 e. The maximum absolute atomic E-state index is 13.3. The third-order valence-electron chi connectivity index (χ3n) is 4.48. The standard InChI is InChI=1S/C19H23NO5/c1-12(15-6-5-9-25-15)20(13-7-8-13)19(21)14-10-17(23-3)18(24-4)11-16(14)22-2/h5-6,9-13H,7-8H2,1-4H3. The van der Waals surface area contributed by atoms with E-state index in [1.165, 1.54) is 7.11 Å². The van der Waals surface area contributed by atoms with Gasteiger partial charge in [0.1, 0.15) is 11.5 Å². The second-order valence-corrected chi connectivity index (χ2v) is 6.04. The molecule has 1 aliphatic carbocycles. The molecule has 0 saturated heterocycles. The van der Waals surface area contributed by atoms with Crippen molar-refractivity contribution < 1.29 is 23.4 Å². The van der Waals surface area contributed by atoms with E-state index in [1.807, 2.05) is 24.0 Å². The maximum Gasteiger partial charge on any atom is 0.258 e. The highest BCUT2D eigenvalue weighted by molar-refractivity contribution is 5.98. The molecule has 0 N–H and O–H groups in total. The molecule has 1 aromatic carbocycles. The summed E-state index contributed by atoms with van der Waals surface area (Å²) in [5.41, 5.74) is 0.449. The highest BCUT2D eigenvalue weighted by Crippen LogP contribution is 2.40. The second-order valence-electron chi connectivity index (χ2n) is 6.04. The van der Waals surface area contributed by atoms with Crippen LogP contribution in [0.2, 0.25) is 0 Å². The number of nitrogens with zero attached hydrogens (tertiary/aromatic N) is 1. The van der Waals surface area contributed by atoms with Gasteiger partial charge in [-0.15, -0.1) is 0 Å². The van der Waals surface area contributed by atoms with Gasteiger partial charge in [0, 0.05) is 18.2 Å². The van der Waals surface area contributed by atoms with E-state index in [0.717, 1.165) is 18.6 Å². The third kappa shape index (κ3) is 3.29. The quantitative estimate of drug-likeness (QED) is 0.766. The van der Waals surface area contributed by atoms with E-state index in [4.69, 9.17) is 18.6 Å². The number of methoxy groups -OCH3 is 3. The first-order valence-corrected chi connectivity index (χ1v) is 8.26. The molecule has 0 spiro atoms. The van der Waals surface area contributed by atoms with E-state index in [2.05, 4.69) is 0 Å². The summed E-state index contributed by atoms with van der Waals surface area (Å²) in [6.45, 7) is 1.97. The average molecular weight is 345 g/mol. The van der Waals surface area contributed by atoms with Crippen LogP contribution in [0.1, 0.15) is 41.9 Å². The Bertz CT molecular complexity index is 737. The molecule has 1 aromatic heterocycles.